The van der Waals surface area contributed by atoms with Crippen LogP contribution in [0, 0.1) is 0 Å². The minimum absolute atomic E-state index is 0.0896. The van der Waals surface area contributed by atoms with Crippen molar-refractivity contribution in [3.05, 3.63) is 65.7 Å². The van der Waals surface area contributed by atoms with Gasteiger partial charge in [-0.25, -0.2) is 0 Å². The molecule has 5 nitrogen and oxygen atoms in total. The van der Waals surface area contributed by atoms with Gasteiger partial charge in [0.2, 0.25) is 5.91 Å². The topological polar surface area (TPSA) is 75.4 Å². The zero-order valence-corrected chi connectivity index (χ0v) is 14.7. The summed E-state index contributed by atoms with van der Waals surface area (Å²) in [6, 6.07) is 16.2. The Morgan fingerprint density at radius 3 is 2.24 bits per heavy atom. The fourth-order valence-electron chi connectivity index (χ4n) is 2.68. The van der Waals surface area contributed by atoms with Crippen LogP contribution in [-0.2, 0) is 4.79 Å². The molecular formula is C20H25N3O2. The maximum absolute atomic E-state index is 12.6. The molecular weight excluding hydrogens is 314 g/mol. The van der Waals surface area contributed by atoms with Crippen LogP contribution in [0.4, 0.5) is 5.69 Å². The first-order chi connectivity index (χ1) is 12.1. The number of rotatable bonds is 7. The Balaban J connectivity index is 2.10. The highest BCUT2D eigenvalue weighted by Gasteiger charge is 2.18. The van der Waals surface area contributed by atoms with E-state index in [0.29, 0.717) is 24.3 Å². The summed E-state index contributed by atoms with van der Waals surface area (Å²) in [6.07, 6.45) is 0.151. The van der Waals surface area contributed by atoms with Crippen molar-refractivity contribution in [2.75, 3.05) is 18.4 Å². The van der Waals surface area contributed by atoms with Gasteiger partial charge in [-0.3, -0.25) is 9.59 Å². The number of benzene rings is 2. The molecule has 0 aromatic heterocycles. The quantitative estimate of drug-likeness (QED) is 0.813. The Bertz CT molecular complexity index is 712. The third-order valence-corrected chi connectivity index (χ3v) is 4.12. The largest absolute Gasteiger partial charge is 0.339 e. The summed E-state index contributed by atoms with van der Waals surface area (Å²) in [6.45, 7) is 5.11. The molecule has 2 rings (SSSR count). The van der Waals surface area contributed by atoms with E-state index < -0.39 is 0 Å². The second-order valence-electron chi connectivity index (χ2n) is 5.79. The van der Waals surface area contributed by atoms with Crippen LogP contribution in [0.5, 0.6) is 0 Å². The minimum atomic E-state index is -0.383. The van der Waals surface area contributed by atoms with Gasteiger partial charge < -0.3 is 16.0 Å². The number of para-hydroxylation sites is 1. The molecule has 2 aromatic rings. The average Bonchev–Trinajstić information content (AvgIpc) is 2.63. The number of nitrogens with one attached hydrogen (secondary N) is 1. The number of nitrogens with zero attached hydrogens (tertiary/aromatic N) is 1. The SMILES string of the molecule is CCN(CC)C(=O)c1ccccc1NC(=O)CC(N)c1ccccc1. The maximum Gasteiger partial charge on any atom is 0.255 e. The summed E-state index contributed by atoms with van der Waals surface area (Å²) >= 11 is 0. The zero-order valence-electron chi connectivity index (χ0n) is 14.7. The predicted octanol–water partition coefficient (Wildman–Crippen LogP) is 3.20. The molecule has 0 radical (unpaired) electrons. The molecule has 0 bridgehead atoms. The maximum atomic E-state index is 12.6. The van der Waals surface area contributed by atoms with Crippen molar-refractivity contribution >= 4 is 17.5 Å². The van der Waals surface area contributed by atoms with Crippen molar-refractivity contribution in [3.63, 3.8) is 0 Å². The summed E-state index contributed by atoms with van der Waals surface area (Å²) in [4.78, 5) is 26.7. The molecule has 25 heavy (non-hydrogen) atoms. The Morgan fingerprint density at radius 2 is 1.60 bits per heavy atom. The van der Waals surface area contributed by atoms with Crippen LogP contribution < -0.4 is 11.1 Å². The second-order valence-corrected chi connectivity index (χ2v) is 5.79. The summed E-state index contributed by atoms with van der Waals surface area (Å²) in [5, 5.41) is 2.83. The highest BCUT2D eigenvalue weighted by atomic mass is 16.2. The summed E-state index contributed by atoms with van der Waals surface area (Å²) in [7, 11) is 0. The fourth-order valence-corrected chi connectivity index (χ4v) is 2.68. The number of carbonyl (C=O) groups excluding carboxylic acids is 2. The predicted molar refractivity (Wildman–Crippen MR) is 100 cm³/mol. The van der Waals surface area contributed by atoms with Gasteiger partial charge in [-0.05, 0) is 31.5 Å². The third-order valence-electron chi connectivity index (χ3n) is 4.12. The lowest BCUT2D eigenvalue weighted by Crippen LogP contribution is -2.31. The van der Waals surface area contributed by atoms with Gasteiger partial charge in [0.15, 0.2) is 0 Å². The molecule has 0 aliphatic carbocycles. The Labute approximate surface area is 148 Å². The van der Waals surface area contributed by atoms with Crippen LogP contribution in [0.25, 0.3) is 0 Å². The molecule has 5 heteroatoms. The monoisotopic (exact) mass is 339 g/mol. The Kier molecular flexibility index (Phi) is 6.71. The highest BCUT2D eigenvalue weighted by Crippen LogP contribution is 2.19. The van der Waals surface area contributed by atoms with E-state index in [1.165, 1.54) is 0 Å². The van der Waals surface area contributed by atoms with Gasteiger partial charge in [-0.15, -0.1) is 0 Å². The second kappa shape index (κ2) is 8.99. The molecule has 0 saturated carbocycles. The zero-order chi connectivity index (χ0) is 18.2. The molecule has 0 aliphatic heterocycles. The van der Waals surface area contributed by atoms with Crippen molar-refractivity contribution in [2.24, 2.45) is 5.73 Å². The molecule has 1 atom stereocenters. The lowest BCUT2D eigenvalue weighted by molar-refractivity contribution is -0.116. The van der Waals surface area contributed by atoms with Gasteiger partial charge in [0.05, 0.1) is 11.3 Å². The lowest BCUT2D eigenvalue weighted by Gasteiger charge is -2.20. The molecule has 132 valence electrons. The number of hydrogen-bond donors (Lipinski definition) is 2. The smallest absolute Gasteiger partial charge is 0.255 e. The first kappa shape index (κ1) is 18.7. The normalized spacial score (nSPS) is 11.6. The van der Waals surface area contributed by atoms with Crippen molar-refractivity contribution in [2.45, 2.75) is 26.3 Å². The molecule has 0 spiro atoms. The fraction of sp³-hybridized carbons (Fsp3) is 0.300. The van der Waals surface area contributed by atoms with Crippen molar-refractivity contribution in [1.29, 1.82) is 0 Å². The molecule has 0 heterocycles. The van der Waals surface area contributed by atoms with E-state index in [-0.39, 0.29) is 24.3 Å². The Morgan fingerprint density at radius 1 is 1.00 bits per heavy atom. The number of carbonyl (C=O) groups is 2. The summed E-state index contributed by atoms with van der Waals surface area (Å²) in [5.74, 6) is -0.301. The van der Waals surface area contributed by atoms with Crippen LogP contribution in [0.1, 0.15) is 42.2 Å². The third kappa shape index (κ3) is 4.90. The molecule has 1 unspecified atom stereocenters. The van der Waals surface area contributed by atoms with Crippen LogP contribution in [0.2, 0.25) is 0 Å². The van der Waals surface area contributed by atoms with E-state index in [1.54, 1.807) is 29.2 Å². The van der Waals surface area contributed by atoms with Gasteiger partial charge in [0.1, 0.15) is 0 Å². The van der Waals surface area contributed by atoms with Crippen LogP contribution in [0.15, 0.2) is 54.6 Å². The first-order valence-corrected chi connectivity index (χ1v) is 8.55. The summed E-state index contributed by atoms with van der Waals surface area (Å²) < 4.78 is 0. The van der Waals surface area contributed by atoms with Crippen molar-refractivity contribution in [3.8, 4) is 0 Å². The van der Waals surface area contributed by atoms with Crippen molar-refractivity contribution < 1.29 is 9.59 Å². The molecule has 3 N–H and O–H groups in total. The Hall–Kier alpha value is -2.66. The number of anilines is 1. The van der Waals surface area contributed by atoms with E-state index in [1.807, 2.05) is 44.2 Å². The van der Waals surface area contributed by atoms with Gasteiger partial charge in [-0.1, -0.05) is 42.5 Å². The standard InChI is InChI=1S/C20H25N3O2/c1-3-23(4-2)20(25)16-12-8-9-13-18(16)22-19(24)14-17(21)15-10-6-5-7-11-15/h5-13,17H,3-4,14,21H2,1-2H3,(H,22,24). The van der Waals surface area contributed by atoms with Crippen molar-refractivity contribution in [1.82, 2.24) is 4.90 Å². The molecule has 0 aliphatic rings. The lowest BCUT2D eigenvalue weighted by atomic mass is 10.0. The average molecular weight is 339 g/mol. The van der Waals surface area contributed by atoms with E-state index in [9.17, 15) is 9.59 Å². The molecule has 0 saturated heterocycles. The van der Waals surface area contributed by atoms with Crippen LogP contribution in [0.3, 0.4) is 0 Å². The molecule has 2 amide bonds. The molecule has 0 fully saturated rings. The van der Waals surface area contributed by atoms with Gasteiger partial charge >= 0.3 is 0 Å². The first-order valence-electron chi connectivity index (χ1n) is 8.55. The number of amides is 2. The van der Waals surface area contributed by atoms with E-state index >= 15 is 0 Å². The number of nitrogens with two attached hydrogens (primary N) is 1. The molecule has 2 aromatic carbocycles. The van der Waals surface area contributed by atoms with E-state index in [4.69, 9.17) is 5.73 Å². The van der Waals surface area contributed by atoms with Crippen LogP contribution >= 0.6 is 0 Å². The van der Waals surface area contributed by atoms with E-state index in [2.05, 4.69) is 5.32 Å². The van der Waals surface area contributed by atoms with Gasteiger partial charge in [-0.2, -0.15) is 0 Å². The van der Waals surface area contributed by atoms with Crippen LogP contribution in [-0.4, -0.2) is 29.8 Å². The van der Waals surface area contributed by atoms with Gasteiger partial charge in [0, 0.05) is 25.6 Å². The minimum Gasteiger partial charge on any atom is -0.339 e. The number of hydrogen-bond acceptors (Lipinski definition) is 3. The highest BCUT2D eigenvalue weighted by molar-refractivity contribution is 6.03. The van der Waals surface area contributed by atoms with E-state index in [0.717, 1.165) is 5.56 Å². The summed E-state index contributed by atoms with van der Waals surface area (Å²) in [5.41, 5.74) is 8.02. The van der Waals surface area contributed by atoms with Gasteiger partial charge in [0.25, 0.3) is 5.91 Å².